The number of amides is 3. The van der Waals surface area contributed by atoms with Crippen molar-refractivity contribution in [3.8, 4) is 11.5 Å². The largest absolute Gasteiger partial charge is 0.436 e. The predicted molar refractivity (Wildman–Crippen MR) is 127 cm³/mol. The summed E-state index contributed by atoms with van der Waals surface area (Å²) in [7, 11) is 0. The molecule has 174 valence electrons. The van der Waals surface area contributed by atoms with Crippen LogP contribution in [-0.4, -0.2) is 39.7 Å². The molecule has 2 saturated carbocycles. The van der Waals surface area contributed by atoms with Gasteiger partial charge in [0.1, 0.15) is 11.6 Å². The molecule has 6 rings (SSSR count). The third-order valence-electron chi connectivity index (χ3n) is 7.27. The first-order valence-corrected chi connectivity index (χ1v) is 12.2. The summed E-state index contributed by atoms with van der Waals surface area (Å²) in [5.41, 5.74) is 2.76. The van der Waals surface area contributed by atoms with Crippen molar-refractivity contribution in [1.82, 2.24) is 9.88 Å². The molecule has 1 aromatic heterocycles. The number of aromatic nitrogens is 1. The first-order chi connectivity index (χ1) is 16.6. The van der Waals surface area contributed by atoms with Crippen molar-refractivity contribution in [2.75, 3.05) is 4.90 Å². The van der Waals surface area contributed by atoms with Crippen molar-refractivity contribution in [1.29, 1.82) is 0 Å². The molecule has 3 fully saturated rings. The van der Waals surface area contributed by atoms with Gasteiger partial charge in [-0.15, -0.1) is 0 Å². The molecule has 34 heavy (non-hydrogen) atoms. The van der Waals surface area contributed by atoms with E-state index < -0.39 is 6.04 Å². The van der Waals surface area contributed by atoms with Gasteiger partial charge in [0.15, 0.2) is 5.58 Å². The molecule has 1 saturated heterocycles. The summed E-state index contributed by atoms with van der Waals surface area (Å²) >= 11 is 0. The average molecular weight is 458 g/mol. The Kier molecular flexibility index (Phi) is 5.20. The lowest BCUT2D eigenvalue weighted by atomic mass is 9.92. The van der Waals surface area contributed by atoms with E-state index >= 15 is 0 Å². The van der Waals surface area contributed by atoms with Gasteiger partial charge >= 0.3 is 0 Å². The number of hydrogen-bond donors (Lipinski definition) is 0. The number of fused-ring (bicyclic) bond motifs is 1. The molecule has 2 heterocycles. The molecule has 1 aliphatic heterocycles. The van der Waals surface area contributed by atoms with Crippen LogP contribution in [0, 0.1) is 5.92 Å². The van der Waals surface area contributed by atoms with Crippen LogP contribution in [0.2, 0.25) is 0 Å². The number of carbonyl (C=O) groups is 3. The molecule has 1 unspecified atom stereocenters. The maximum atomic E-state index is 13.5. The van der Waals surface area contributed by atoms with Gasteiger partial charge in [0.25, 0.3) is 5.91 Å². The molecule has 1 atom stereocenters. The Labute approximate surface area is 197 Å². The van der Waals surface area contributed by atoms with Crippen LogP contribution >= 0.6 is 0 Å². The minimum absolute atomic E-state index is 0.0227. The minimum Gasteiger partial charge on any atom is -0.436 e. The van der Waals surface area contributed by atoms with E-state index in [-0.39, 0.29) is 36.1 Å². The Balaban J connectivity index is 1.26. The fraction of sp³-hybridized carbons (Fsp3) is 0.407. The van der Waals surface area contributed by atoms with Gasteiger partial charge in [0.05, 0.1) is 12.1 Å². The summed E-state index contributed by atoms with van der Waals surface area (Å²) in [6.45, 7) is 0. The van der Waals surface area contributed by atoms with Crippen molar-refractivity contribution in [3.05, 3.63) is 48.5 Å². The molecule has 0 N–H and O–H groups in total. The summed E-state index contributed by atoms with van der Waals surface area (Å²) in [6, 6.07) is 14.0. The van der Waals surface area contributed by atoms with Gasteiger partial charge in [-0.05, 0) is 62.1 Å². The maximum Gasteiger partial charge on any atom is 0.257 e. The number of nitrogens with zero attached hydrogens (tertiary/aromatic N) is 3. The van der Waals surface area contributed by atoms with E-state index in [2.05, 4.69) is 4.98 Å². The molecule has 2 aromatic carbocycles. The molecule has 3 amide bonds. The summed E-state index contributed by atoms with van der Waals surface area (Å²) in [5, 5.41) is 0. The van der Waals surface area contributed by atoms with E-state index in [4.69, 9.17) is 4.42 Å². The van der Waals surface area contributed by atoms with Crippen LogP contribution in [0.3, 0.4) is 0 Å². The van der Waals surface area contributed by atoms with Crippen molar-refractivity contribution < 1.29 is 18.8 Å². The van der Waals surface area contributed by atoms with Crippen LogP contribution in [-0.2, 0) is 14.4 Å². The van der Waals surface area contributed by atoms with Crippen LogP contribution in [0.15, 0.2) is 52.9 Å². The van der Waals surface area contributed by atoms with Crippen LogP contribution in [0.4, 0.5) is 5.69 Å². The van der Waals surface area contributed by atoms with Gasteiger partial charge in [-0.3, -0.25) is 14.4 Å². The Bertz CT molecular complexity index is 1220. The first kappa shape index (κ1) is 21.1. The Morgan fingerprint density at radius 3 is 2.38 bits per heavy atom. The van der Waals surface area contributed by atoms with Crippen LogP contribution in [0.1, 0.15) is 51.4 Å². The summed E-state index contributed by atoms with van der Waals surface area (Å²) in [5.74, 6) is 0.0251. The molecular formula is C27H27N3O4. The van der Waals surface area contributed by atoms with Gasteiger partial charge in [-0.25, -0.2) is 9.88 Å². The van der Waals surface area contributed by atoms with E-state index in [9.17, 15) is 14.4 Å². The van der Waals surface area contributed by atoms with Gasteiger partial charge in [-0.1, -0.05) is 31.4 Å². The SMILES string of the molecule is O=C1CC(N(C(=O)C2CC2)C2CCCCC2)C(=O)N1c1ccc(-c2nc3ccccc3o2)cc1. The smallest absolute Gasteiger partial charge is 0.257 e. The van der Waals surface area contributed by atoms with Crippen molar-refractivity contribution >= 4 is 34.5 Å². The number of anilines is 1. The fourth-order valence-electron chi connectivity index (χ4n) is 5.34. The van der Waals surface area contributed by atoms with E-state index in [1.54, 1.807) is 17.0 Å². The van der Waals surface area contributed by atoms with E-state index in [0.717, 1.165) is 56.0 Å². The van der Waals surface area contributed by atoms with E-state index in [0.29, 0.717) is 17.2 Å². The lowest BCUT2D eigenvalue weighted by molar-refractivity contribution is -0.143. The molecule has 2 aliphatic carbocycles. The second-order valence-corrected chi connectivity index (χ2v) is 9.63. The molecule has 3 aliphatic rings. The Morgan fingerprint density at radius 1 is 0.941 bits per heavy atom. The molecule has 0 radical (unpaired) electrons. The third-order valence-corrected chi connectivity index (χ3v) is 7.27. The zero-order valence-electron chi connectivity index (χ0n) is 19.0. The molecule has 3 aromatic rings. The topological polar surface area (TPSA) is 83.7 Å². The molecule has 7 nitrogen and oxygen atoms in total. The second-order valence-electron chi connectivity index (χ2n) is 9.63. The fourth-order valence-corrected chi connectivity index (χ4v) is 5.34. The minimum atomic E-state index is -0.694. The highest BCUT2D eigenvalue weighted by Crippen LogP contribution is 2.38. The number of oxazole rings is 1. The van der Waals surface area contributed by atoms with E-state index in [1.807, 2.05) is 36.4 Å². The third kappa shape index (κ3) is 3.69. The molecule has 7 heteroatoms. The summed E-state index contributed by atoms with van der Waals surface area (Å²) in [4.78, 5) is 47.2. The van der Waals surface area contributed by atoms with Gasteiger partial charge in [0.2, 0.25) is 17.7 Å². The predicted octanol–water partition coefficient (Wildman–Crippen LogP) is 4.70. The lowest BCUT2D eigenvalue weighted by Gasteiger charge is -2.37. The monoisotopic (exact) mass is 457 g/mol. The average Bonchev–Trinajstić information content (AvgIpc) is 3.56. The highest BCUT2D eigenvalue weighted by molar-refractivity contribution is 6.23. The van der Waals surface area contributed by atoms with Crippen LogP contribution in [0.25, 0.3) is 22.6 Å². The van der Waals surface area contributed by atoms with Crippen molar-refractivity contribution in [2.45, 2.75) is 63.5 Å². The zero-order valence-corrected chi connectivity index (χ0v) is 19.0. The zero-order chi connectivity index (χ0) is 23.2. The lowest BCUT2D eigenvalue weighted by Crippen LogP contribution is -2.52. The normalized spacial score (nSPS) is 21.4. The molecular weight excluding hydrogens is 430 g/mol. The van der Waals surface area contributed by atoms with Crippen LogP contribution in [0.5, 0.6) is 0 Å². The Hall–Kier alpha value is -3.48. The van der Waals surface area contributed by atoms with Gasteiger partial charge < -0.3 is 9.32 Å². The van der Waals surface area contributed by atoms with E-state index in [1.165, 1.54) is 4.90 Å². The quantitative estimate of drug-likeness (QED) is 0.519. The highest BCUT2D eigenvalue weighted by Gasteiger charge is 2.49. The van der Waals surface area contributed by atoms with Crippen molar-refractivity contribution in [3.63, 3.8) is 0 Å². The van der Waals surface area contributed by atoms with Gasteiger partial charge in [-0.2, -0.15) is 0 Å². The summed E-state index contributed by atoms with van der Waals surface area (Å²) in [6.07, 6.45) is 6.95. The Morgan fingerprint density at radius 2 is 1.68 bits per heavy atom. The number of imide groups is 1. The van der Waals surface area contributed by atoms with Gasteiger partial charge in [0, 0.05) is 17.5 Å². The van der Waals surface area contributed by atoms with Crippen LogP contribution < -0.4 is 4.90 Å². The standard InChI is InChI=1S/C27H27N3O4/c31-24-16-22(29(26(32)18-10-11-18)19-6-2-1-3-7-19)27(33)30(24)20-14-12-17(13-15-20)25-28-21-8-4-5-9-23(21)34-25/h4-5,8-9,12-15,18-19,22H,1-3,6-7,10-11,16H2. The summed E-state index contributed by atoms with van der Waals surface area (Å²) < 4.78 is 5.83. The number of hydrogen-bond acceptors (Lipinski definition) is 5. The number of para-hydroxylation sites is 2. The first-order valence-electron chi connectivity index (χ1n) is 12.2. The maximum absolute atomic E-state index is 13.5. The number of carbonyl (C=O) groups excluding carboxylic acids is 3. The number of rotatable bonds is 5. The van der Waals surface area contributed by atoms with Crippen molar-refractivity contribution in [2.24, 2.45) is 5.92 Å². The molecule has 0 bridgehead atoms. The molecule has 0 spiro atoms. The highest BCUT2D eigenvalue weighted by atomic mass is 16.3. The second kappa shape index (κ2) is 8.38. The number of benzene rings is 2.